The first-order chi connectivity index (χ1) is 13.8. The minimum atomic E-state index is -0.0526. The highest BCUT2D eigenvalue weighted by atomic mass is 32.2. The van der Waals surface area contributed by atoms with Crippen molar-refractivity contribution in [1.29, 1.82) is 0 Å². The molecule has 29 heavy (non-hydrogen) atoms. The van der Waals surface area contributed by atoms with Gasteiger partial charge in [-0.3, -0.25) is 4.79 Å². The fourth-order valence-corrected chi connectivity index (χ4v) is 3.68. The molecule has 5 heteroatoms. The fourth-order valence-electron chi connectivity index (χ4n) is 3.07. The third-order valence-electron chi connectivity index (χ3n) is 4.97. The van der Waals surface area contributed by atoms with Gasteiger partial charge < -0.3 is 5.32 Å². The third-order valence-corrected chi connectivity index (χ3v) is 5.89. The van der Waals surface area contributed by atoms with Crippen LogP contribution in [0.1, 0.15) is 42.0 Å². The van der Waals surface area contributed by atoms with E-state index in [4.69, 9.17) is 0 Å². The zero-order chi connectivity index (χ0) is 21.0. The maximum atomic E-state index is 12.2. The number of thioether (sulfide) groups is 1. The van der Waals surface area contributed by atoms with Crippen LogP contribution in [-0.2, 0) is 4.79 Å². The zero-order valence-corrected chi connectivity index (χ0v) is 18.4. The number of hydrogen-bond acceptors (Lipinski definition) is 4. The van der Waals surface area contributed by atoms with Gasteiger partial charge in [0, 0.05) is 11.3 Å². The second kappa shape index (κ2) is 9.23. The lowest BCUT2D eigenvalue weighted by Gasteiger charge is -2.10. The van der Waals surface area contributed by atoms with Gasteiger partial charge in [-0.25, -0.2) is 0 Å². The Balaban J connectivity index is 1.59. The summed E-state index contributed by atoms with van der Waals surface area (Å²) in [5, 5.41) is 12.3. The molecular formula is C24H27N3OS. The Morgan fingerprint density at radius 3 is 2.24 bits per heavy atom. The van der Waals surface area contributed by atoms with Crippen LogP contribution >= 0.6 is 11.8 Å². The molecule has 3 rings (SSSR count). The first-order valence-corrected chi connectivity index (χ1v) is 10.8. The van der Waals surface area contributed by atoms with E-state index in [-0.39, 0.29) is 5.91 Å². The van der Waals surface area contributed by atoms with Crippen molar-refractivity contribution in [3.63, 3.8) is 0 Å². The molecule has 0 aliphatic rings. The number of aromatic nitrogens is 2. The quantitative estimate of drug-likeness (QED) is 0.517. The Bertz CT molecular complexity index is 996. The summed E-state index contributed by atoms with van der Waals surface area (Å²) in [6, 6.07) is 16.2. The van der Waals surface area contributed by atoms with E-state index in [2.05, 4.69) is 62.3 Å². The van der Waals surface area contributed by atoms with Gasteiger partial charge in [-0.05, 0) is 79.3 Å². The molecule has 0 fully saturated rings. The number of hydrogen-bond donors (Lipinski definition) is 1. The molecule has 0 aliphatic carbocycles. The molecule has 1 amide bonds. The molecule has 0 radical (unpaired) electrons. The Morgan fingerprint density at radius 2 is 1.62 bits per heavy atom. The monoisotopic (exact) mass is 405 g/mol. The Labute approximate surface area is 177 Å². The third kappa shape index (κ3) is 5.45. The number of aryl methyl sites for hydroxylation is 3. The fraction of sp³-hybridized carbons (Fsp3) is 0.292. The van der Waals surface area contributed by atoms with Gasteiger partial charge in [0.25, 0.3) is 0 Å². The Morgan fingerprint density at radius 1 is 0.931 bits per heavy atom. The SMILES string of the molecule is Cc1cc(C)c(-c2ccc(SCC(=O)Nc3ccc(C(C)C)cc3)nn2)cc1C. The molecule has 4 nitrogen and oxygen atoms in total. The van der Waals surface area contributed by atoms with Gasteiger partial charge >= 0.3 is 0 Å². The molecule has 1 aromatic heterocycles. The number of anilines is 1. The predicted octanol–water partition coefficient (Wildman–Crippen LogP) is 5.92. The molecule has 0 spiro atoms. The largest absolute Gasteiger partial charge is 0.325 e. The minimum Gasteiger partial charge on any atom is -0.325 e. The van der Waals surface area contributed by atoms with Crippen LogP contribution in [0, 0.1) is 20.8 Å². The molecule has 0 bridgehead atoms. The maximum absolute atomic E-state index is 12.2. The summed E-state index contributed by atoms with van der Waals surface area (Å²) >= 11 is 1.38. The topological polar surface area (TPSA) is 54.9 Å². The number of amides is 1. The summed E-state index contributed by atoms with van der Waals surface area (Å²) in [6.45, 7) is 10.6. The second-order valence-corrected chi connectivity index (χ2v) is 8.62. The molecule has 1 heterocycles. The van der Waals surface area contributed by atoms with Crippen molar-refractivity contribution in [2.75, 3.05) is 11.1 Å². The Kier molecular flexibility index (Phi) is 6.70. The molecule has 0 unspecified atom stereocenters. The minimum absolute atomic E-state index is 0.0526. The number of carbonyl (C=O) groups excluding carboxylic acids is 1. The van der Waals surface area contributed by atoms with E-state index in [9.17, 15) is 4.79 Å². The molecule has 3 aromatic rings. The molecule has 2 aromatic carbocycles. The van der Waals surface area contributed by atoms with E-state index in [1.54, 1.807) is 0 Å². The van der Waals surface area contributed by atoms with Gasteiger partial charge in [0.1, 0.15) is 5.03 Å². The van der Waals surface area contributed by atoms with E-state index >= 15 is 0 Å². The first-order valence-electron chi connectivity index (χ1n) is 9.78. The van der Waals surface area contributed by atoms with E-state index in [1.807, 2.05) is 36.4 Å². The molecule has 0 saturated heterocycles. The molecule has 1 N–H and O–H groups in total. The highest BCUT2D eigenvalue weighted by Gasteiger charge is 2.09. The summed E-state index contributed by atoms with van der Waals surface area (Å²) in [6.07, 6.45) is 0. The first kappa shape index (κ1) is 21.1. The summed E-state index contributed by atoms with van der Waals surface area (Å²) < 4.78 is 0. The van der Waals surface area contributed by atoms with Crippen LogP contribution in [0.3, 0.4) is 0 Å². The van der Waals surface area contributed by atoms with Crippen LogP contribution in [0.5, 0.6) is 0 Å². The highest BCUT2D eigenvalue weighted by molar-refractivity contribution is 7.99. The van der Waals surface area contributed by atoms with Crippen LogP contribution in [0.2, 0.25) is 0 Å². The standard InChI is InChI=1S/C24H27N3OS/c1-15(2)19-6-8-20(9-7-19)25-23(28)14-29-24-11-10-22(26-27-24)21-13-17(4)16(3)12-18(21)5/h6-13,15H,14H2,1-5H3,(H,25,28). The predicted molar refractivity (Wildman–Crippen MR) is 122 cm³/mol. The van der Waals surface area contributed by atoms with Gasteiger partial charge in [0.05, 0.1) is 11.4 Å². The lowest BCUT2D eigenvalue weighted by atomic mass is 9.99. The van der Waals surface area contributed by atoms with Crippen LogP contribution in [-0.4, -0.2) is 21.9 Å². The molecule has 0 aliphatic heterocycles. The van der Waals surface area contributed by atoms with E-state index < -0.39 is 0 Å². The summed E-state index contributed by atoms with van der Waals surface area (Å²) in [5.74, 6) is 0.718. The smallest absolute Gasteiger partial charge is 0.234 e. The molecule has 0 saturated carbocycles. The van der Waals surface area contributed by atoms with Crippen molar-refractivity contribution in [3.8, 4) is 11.3 Å². The van der Waals surface area contributed by atoms with Crippen molar-refractivity contribution >= 4 is 23.4 Å². The molecular weight excluding hydrogens is 378 g/mol. The average molecular weight is 406 g/mol. The highest BCUT2D eigenvalue weighted by Crippen LogP contribution is 2.26. The van der Waals surface area contributed by atoms with E-state index in [0.717, 1.165) is 22.0 Å². The van der Waals surface area contributed by atoms with E-state index in [0.29, 0.717) is 11.7 Å². The maximum Gasteiger partial charge on any atom is 0.234 e. The normalized spacial score (nSPS) is 11.0. The van der Waals surface area contributed by atoms with Gasteiger partial charge in [0.2, 0.25) is 5.91 Å². The zero-order valence-electron chi connectivity index (χ0n) is 17.6. The van der Waals surface area contributed by atoms with Crippen molar-refractivity contribution in [2.45, 2.75) is 45.6 Å². The second-order valence-electron chi connectivity index (χ2n) is 7.62. The van der Waals surface area contributed by atoms with Crippen molar-refractivity contribution < 1.29 is 4.79 Å². The van der Waals surface area contributed by atoms with Gasteiger partial charge in [-0.2, -0.15) is 0 Å². The van der Waals surface area contributed by atoms with Crippen molar-refractivity contribution in [1.82, 2.24) is 10.2 Å². The van der Waals surface area contributed by atoms with Crippen LogP contribution in [0.15, 0.2) is 53.6 Å². The van der Waals surface area contributed by atoms with Crippen molar-refractivity contribution in [2.24, 2.45) is 0 Å². The van der Waals surface area contributed by atoms with Crippen LogP contribution < -0.4 is 5.32 Å². The lowest BCUT2D eigenvalue weighted by molar-refractivity contribution is -0.113. The van der Waals surface area contributed by atoms with Gasteiger partial charge in [-0.1, -0.05) is 43.8 Å². The number of carbonyl (C=O) groups is 1. The number of nitrogens with zero attached hydrogens (tertiary/aromatic N) is 2. The lowest BCUT2D eigenvalue weighted by Crippen LogP contribution is -2.14. The van der Waals surface area contributed by atoms with Crippen LogP contribution in [0.4, 0.5) is 5.69 Å². The number of nitrogens with one attached hydrogen (secondary N) is 1. The molecule has 150 valence electrons. The Hall–Kier alpha value is -2.66. The summed E-state index contributed by atoms with van der Waals surface area (Å²) in [4.78, 5) is 12.2. The molecule has 0 atom stereocenters. The summed E-state index contributed by atoms with van der Waals surface area (Å²) in [5.41, 5.74) is 7.72. The average Bonchev–Trinajstić information content (AvgIpc) is 2.70. The number of rotatable bonds is 6. The number of benzene rings is 2. The van der Waals surface area contributed by atoms with E-state index in [1.165, 1.54) is 34.0 Å². The van der Waals surface area contributed by atoms with Crippen LogP contribution in [0.25, 0.3) is 11.3 Å². The van der Waals surface area contributed by atoms with Crippen molar-refractivity contribution in [3.05, 3.63) is 70.8 Å². The van der Waals surface area contributed by atoms with Gasteiger partial charge in [0.15, 0.2) is 0 Å². The summed E-state index contributed by atoms with van der Waals surface area (Å²) in [7, 11) is 0. The van der Waals surface area contributed by atoms with Gasteiger partial charge in [-0.15, -0.1) is 10.2 Å².